The number of nitrogens with zero attached hydrogens (tertiary/aromatic N) is 1. The minimum absolute atomic E-state index is 0.0363. The fourth-order valence-corrected chi connectivity index (χ4v) is 9.50. The first-order chi connectivity index (χ1) is 30.9. The summed E-state index contributed by atoms with van der Waals surface area (Å²) in [5.41, 5.74) is 21.8. The first kappa shape index (κ1) is 49.3. The van der Waals surface area contributed by atoms with Crippen molar-refractivity contribution in [2.24, 2.45) is 34.5 Å². The van der Waals surface area contributed by atoms with Crippen LogP contribution >= 0.6 is 0 Å². The van der Waals surface area contributed by atoms with Crippen molar-refractivity contribution in [2.45, 2.75) is 141 Å². The molecule has 13 N–H and O–H groups in total. The fraction of sp³-hybridized carbons (Fsp3) is 0.565. The molecule has 3 saturated carbocycles. The number of carbonyl (C=O) groups excluding carboxylic acids is 5. The first-order valence-corrected chi connectivity index (χ1v) is 22.9. The van der Waals surface area contributed by atoms with Gasteiger partial charge >= 0.3 is 7.12 Å². The molecule has 7 rings (SSSR count). The quantitative estimate of drug-likeness (QED) is 0.0388. The summed E-state index contributed by atoms with van der Waals surface area (Å²) in [4.78, 5) is 74.9. The molecule has 5 amide bonds. The predicted molar refractivity (Wildman–Crippen MR) is 245 cm³/mol. The minimum atomic E-state index is -1.71. The van der Waals surface area contributed by atoms with E-state index in [1.54, 1.807) is 12.1 Å². The van der Waals surface area contributed by atoms with E-state index in [9.17, 15) is 29.1 Å². The van der Waals surface area contributed by atoms with Crippen molar-refractivity contribution in [3.05, 3.63) is 77.9 Å². The Kier molecular flexibility index (Phi) is 16.2. The number of carbonyl (C=O) groups is 5. The van der Waals surface area contributed by atoms with Crippen LogP contribution < -0.4 is 43.8 Å². The van der Waals surface area contributed by atoms with Gasteiger partial charge in [0.25, 0.3) is 11.8 Å². The summed E-state index contributed by atoms with van der Waals surface area (Å²) in [7, 11) is -0.901. The Morgan fingerprint density at radius 3 is 2.15 bits per heavy atom. The summed E-state index contributed by atoms with van der Waals surface area (Å²) >= 11 is 0. The highest BCUT2D eigenvalue weighted by atomic mass is 16.7. The van der Waals surface area contributed by atoms with Crippen LogP contribution in [0.2, 0.25) is 0 Å². The van der Waals surface area contributed by atoms with E-state index < -0.39 is 78.7 Å². The molecule has 2 unspecified atom stereocenters. The van der Waals surface area contributed by atoms with Crippen molar-refractivity contribution in [2.75, 3.05) is 6.54 Å². The number of hydrogen-bond acceptors (Lipinski definition) is 12. The number of aromatic nitrogens is 2. The van der Waals surface area contributed by atoms with Gasteiger partial charge in [-0.1, -0.05) is 63.6 Å². The molecule has 19 heteroatoms. The highest BCUT2D eigenvalue weighted by Gasteiger charge is 2.68. The Hall–Kier alpha value is -5.18. The lowest BCUT2D eigenvalue weighted by Gasteiger charge is -2.64. The number of benzene rings is 2. The zero-order valence-electron chi connectivity index (χ0n) is 38.1. The van der Waals surface area contributed by atoms with Crippen LogP contribution in [0.25, 0.3) is 11.1 Å². The van der Waals surface area contributed by atoms with Gasteiger partial charge in [0.05, 0.1) is 24.1 Å². The number of aliphatic hydroxyl groups is 1. The molecular formula is C46H67BN10O8. The number of aryl methyl sites for hydroxylation is 1. The standard InChI is InChI=1S/C46H67BN10O8/c1-6-7-10-27-12-14-28(15-13-27)29-16-18-30(19-17-29)39(59)54-34(23-32-24-51-25-52-32)41(61)55-37(26(2)58)42(62)56-38(49)43(63)53-33(11-8-9-20-48)40(60)57-44(50)47-64-36-22-31-21-35(45(31,3)4)46(36,5)65-47/h12-19,24-26,31,33-38,44,58H,6-11,20-23,48-50H2,1-5H3,(H,51,52)(H,53,63)(H,54,59)(H,55,61)(H,56,62)(H,57,60)/t26?,31-,33-,34-,35-,36?,37-,38+,44+,46-/m0/s1. The average molecular weight is 899 g/mol. The number of imidazole rings is 1. The van der Waals surface area contributed by atoms with Crippen LogP contribution in [0.4, 0.5) is 0 Å². The van der Waals surface area contributed by atoms with Gasteiger partial charge in [0, 0.05) is 23.9 Å². The summed E-state index contributed by atoms with van der Waals surface area (Å²) in [6, 6.07) is 10.3. The van der Waals surface area contributed by atoms with Gasteiger partial charge in [-0.2, -0.15) is 0 Å². The van der Waals surface area contributed by atoms with Crippen LogP contribution in [-0.2, 0) is 41.3 Å². The van der Waals surface area contributed by atoms with Crippen molar-refractivity contribution < 1.29 is 38.4 Å². The van der Waals surface area contributed by atoms with E-state index in [1.165, 1.54) is 25.0 Å². The second-order valence-corrected chi connectivity index (χ2v) is 18.6. The molecule has 2 aromatic carbocycles. The van der Waals surface area contributed by atoms with Gasteiger partial charge in [0.1, 0.15) is 24.2 Å². The SMILES string of the molecule is CCCCc1ccc(-c2ccc(C(=O)N[C@@H](Cc3cnc[nH]3)C(=O)N[C@H](C(=O)N[C@@H](N)C(=O)N[C@@H](CCCCN)C(=O)N[C@@H](N)B3OC4C[C@@H]5C[C@@H](C5(C)C)[C@]4(C)O3)C(C)O)cc2)cc1. The summed E-state index contributed by atoms with van der Waals surface area (Å²) < 4.78 is 12.6. The molecule has 1 aromatic heterocycles. The summed E-state index contributed by atoms with van der Waals surface area (Å²) in [6.45, 7) is 10.3. The van der Waals surface area contributed by atoms with Gasteiger partial charge in [0.15, 0.2) is 6.17 Å². The van der Waals surface area contributed by atoms with Gasteiger partial charge in [0.2, 0.25) is 17.7 Å². The lowest BCUT2D eigenvalue weighted by atomic mass is 9.43. The number of rotatable bonds is 22. The van der Waals surface area contributed by atoms with E-state index >= 15 is 0 Å². The van der Waals surface area contributed by atoms with E-state index in [4.69, 9.17) is 26.5 Å². The number of nitrogens with two attached hydrogens (primary N) is 3. The molecular weight excluding hydrogens is 831 g/mol. The van der Waals surface area contributed by atoms with Gasteiger partial charge in [-0.05, 0) is 111 Å². The molecule has 2 heterocycles. The number of unbranched alkanes of at least 4 members (excludes halogenated alkanes) is 2. The van der Waals surface area contributed by atoms with Crippen LogP contribution in [0, 0.1) is 17.3 Å². The van der Waals surface area contributed by atoms with Crippen LogP contribution in [-0.4, -0.2) is 106 Å². The highest BCUT2D eigenvalue weighted by Crippen LogP contribution is 2.65. The number of aromatic amines is 1. The zero-order chi connectivity index (χ0) is 47.1. The smallest absolute Gasteiger partial charge is 0.403 e. The molecule has 1 saturated heterocycles. The lowest BCUT2D eigenvalue weighted by molar-refractivity contribution is -0.199. The van der Waals surface area contributed by atoms with Crippen LogP contribution in [0.15, 0.2) is 61.1 Å². The minimum Gasteiger partial charge on any atom is -0.403 e. The van der Waals surface area contributed by atoms with Gasteiger partial charge in [-0.15, -0.1) is 0 Å². The van der Waals surface area contributed by atoms with E-state index in [0.29, 0.717) is 36.6 Å². The molecule has 2 bridgehead atoms. The van der Waals surface area contributed by atoms with Crippen molar-refractivity contribution in [1.82, 2.24) is 36.6 Å². The zero-order valence-corrected chi connectivity index (χ0v) is 38.1. The Balaban J connectivity index is 1.05. The summed E-state index contributed by atoms with van der Waals surface area (Å²) in [6.07, 6.45) is 5.91. The van der Waals surface area contributed by atoms with Crippen molar-refractivity contribution in [1.29, 1.82) is 0 Å². The fourth-order valence-electron chi connectivity index (χ4n) is 9.50. The summed E-state index contributed by atoms with van der Waals surface area (Å²) in [5, 5.41) is 23.6. The van der Waals surface area contributed by atoms with Gasteiger partial charge < -0.3 is 63.2 Å². The maximum Gasteiger partial charge on any atom is 0.497 e. The van der Waals surface area contributed by atoms with E-state index in [1.807, 2.05) is 31.2 Å². The average Bonchev–Trinajstić information content (AvgIpc) is 3.94. The second-order valence-electron chi connectivity index (χ2n) is 18.6. The molecule has 1 aliphatic heterocycles. The van der Waals surface area contributed by atoms with E-state index in [0.717, 1.165) is 43.2 Å². The highest BCUT2D eigenvalue weighted by molar-refractivity contribution is 6.47. The van der Waals surface area contributed by atoms with Crippen LogP contribution in [0.1, 0.15) is 101 Å². The number of nitrogens with one attached hydrogen (secondary N) is 6. The van der Waals surface area contributed by atoms with Crippen molar-refractivity contribution >= 4 is 36.7 Å². The van der Waals surface area contributed by atoms with Crippen LogP contribution in [0.5, 0.6) is 0 Å². The normalized spacial score (nSPS) is 23.3. The topological polar surface area (TPSA) is 291 Å². The van der Waals surface area contributed by atoms with E-state index in [2.05, 4.69) is 69.5 Å². The van der Waals surface area contributed by atoms with Crippen LogP contribution in [0.3, 0.4) is 0 Å². The van der Waals surface area contributed by atoms with Gasteiger partial charge in [-0.25, -0.2) is 4.98 Å². The number of amides is 5. The molecule has 65 heavy (non-hydrogen) atoms. The third kappa shape index (κ3) is 11.6. The molecule has 10 atom stereocenters. The summed E-state index contributed by atoms with van der Waals surface area (Å²) in [5.74, 6) is -3.06. The first-order valence-electron chi connectivity index (χ1n) is 22.9. The Labute approximate surface area is 381 Å². The molecule has 3 aliphatic carbocycles. The molecule has 0 spiro atoms. The molecule has 18 nitrogen and oxygen atoms in total. The molecule has 4 aliphatic rings. The second kappa shape index (κ2) is 21.4. The number of H-pyrrole nitrogens is 1. The number of hydrogen-bond donors (Lipinski definition) is 10. The maximum absolute atomic E-state index is 13.8. The molecule has 352 valence electrons. The lowest BCUT2D eigenvalue weighted by Crippen LogP contribution is -2.65. The monoisotopic (exact) mass is 899 g/mol. The van der Waals surface area contributed by atoms with Crippen molar-refractivity contribution in [3.63, 3.8) is 0 Å². The van der Waals surface area contributed by atoms with Gasteiger partial charge in [-0.3, -0.25) is 24.0 Å². The Morgan fingerprint density at radius 2 is 1.54 bits per heavy atom. The predicted octanol–water partition coefficient (Wildman–Crippen LogP) is 1.31. The molecule has 0 radical (unpaired) electrons. The maximum atomic E-state index is 13.8. The molecule has 3 aromatic rings. The Morgan fingerprint density at radius 1 is 0.862 bits per heavy atom. The third-order valence-electron chi connectivity index (χ3n) is 13.6. The van der Waals surface area contributed by atoms with E-state index in [-0.39, 0.29) is 30.3 Å². The van der Waals surface area contributed by atoms with Crippen molar-refractivity contribution in [3.8, 4) is 11.1 Å². The number of aliphatic hydroxyl groups excluding tert-OH is 1. The third-order valence-corrected chi connectivity index (χ3v) is 13.6. The molecule has 4 fully saturated rings. The Bertz CT molecular complexity index is 2110. The largest absolute Gasteiger partial charge is 0.497 e.